The molecule has 1 fully saturated rings. The third-order valence-electron chi connectivity index (χ3n) is 4.30. The van der Waals surface area contributed by atoms with Crippen LogP contribution in [-0.4, -0.2) is 6.04 Å². The van der Waals surface area contributed by atoms with Crippen LogP contribution in [0.4, 0.5) is 0 Å². The smallest absolute Gasteiger partial charge is 0.0595 e. The van der Waals surface area contributed by atoms with Gasteiger partial charge in [0.15, 0.2) is 0 Å². The van der Waals surface area contributed by atoms with Gasteiger partial charge in [0.1, 0.15) is 0 Å². The molecule has 3 heteroatoms. The molecule has 1 nitrogen and oxygen atoms in total. The third-order valence-corrected chi connectivity index (χ3v) is 5.04. The highest BCUT2D eigenvalue weighted by atomic mass is 35.5. The lowest BCUT2D eigenvalue weighted by molar-refractivity contribution is 0.349. The first-order valence-electron chi connectivity index (χ1n) is 7.91. The standard InChI is InChI=1S/C17H25Cl2N/c1-2-17(13-10-11-15(18)16(19)12-13)20-14-8-6-4-3-5-7-9-14/h10-12,14,17,20H,2-9H2,1H3. The highest BCUT2D eigenvalue weighted by Crippen LogP contribution is 2.28. The lowest BCUT2D eigenvalue weighted by Crippen LogP contribution is -2.33. The van der Waals surface area contributed by atoms with E-state index in [-0.39, 0.29) is 0 Å². The van der Waals surface area contributed by atoms with Crippen molar-refractivity contribution in [1.29, 1.82) is 0 Å². The summed E-state index contributed by atoms with van der Waals surface area (Å²) in [6, 6.07) is 7.04. The zero-order valence-corrected chi connectivity index (χ0v) is 13.8. The van der Waals surface area contributed by atoms with E-state index >= 15 is 0 Å². The van der Waals surface area contributed by atoms with E-state index in [0.29, 0.717) is 22.1 Å². The van der Waals surface area contributed by atoms with Crippen molar-refractivity contribution in [2.24, 2.45) is 0 Å². The molecule has 1 unspecified atom stereocenters. The highest BCUT2D eigenvalue weighted by molar-refractivity contribution is 6.42. The van der Waals surface area contributed by atoms with Crippen molar-refractivity contribution in [1.82, 2.24) is 5.32 Å². The number of nitrogens with one attached hydrogen (secondary N) is 1. The Morgan fingerprint density at radius 1 is 1.05 bits per heavy atom. The van der Waals surface area contributed by atoms with Gasteiger partial charge in [-0.05, 0) is 37.0 Å². The summed E-state index contributed by atoms with van der Waals surface area (Å²) < 4.78 is 0. The first kappa shape index (κ1) is 16.1. The molecule has 0 amide bonds. The maximum atomic E-state index is 6.15. The third kappa shape index (κ3) is 4.65. The van der Waals surface area contributed by atoms with Gasteiger partial charge in [0.25, 0.3) is 0 Å². The predicted octanol–water partition coefficient (Wildman–Crippen LogP) is 6.15. The SMILES string of the molecule is CCC(NC1CCCCCCC1)c1ccc(Cl)c(Cl)c1. The molecule has 0 heterocycles. The molecule has 1 aliphatic carbocycles. The Morgan fingerprint density at radius 3 is 2.30 bits per heavy atom. The summed E-state index contributed by atoms with van der Waals surface area (Å²) in [5, 5.41) is 5.12. The van der Waals surface area contributed by atoms with Crippen LogP contribution in [0.15, 0.2) is 18.2 Å². The Kier molecular flexibility index (Phi) is 6.67. The molecule has 1 aromatic rings. The maximum absolute atomic E-state index is 6.15. The van der Waals surface area contributed by atoms with Crippen molar-refractivity contribution in [2.45, 2.75) is 70.4 Å². The molecule has 1 aliphatic rings. The fourth-order valence-electron chi connectivity index (χ4n) is 3.09. The van der Waals surface area contributed by atoms with E-state index in [4.69, 9.17) is 23.2 Å². The van der Waals surface area contributed by atoms with E-state index in [1.807, 2.05) is 12.1 Å². The molecule has 1 aromatic carbocycles. The van der Waals surface area contributed by atoms with Gasteiger partial charge in [0, 0.05) is 12.1 Å². The molecule has 20 heavy (non-hydrogen) atoms. The molecular formula is C17H25Cl2N. The van der Waals surface area contributed by atoms with E-state index in [1.165, 1.54) is 50.5 Å². The predicted molar refractivity (Wildman–Crippen MR) is 88.7 cm³/mol. The maximum Gasteiger partial charge on any atom is 0.0595 e. The van der Waals surface area contributed by atoms with E-state index in [2.05, 4.69) is 18.3 Å². The molecule has 0 spiro atoms. The first-order chi connectivity index (χ1) is 9.70. The van der Waals surface area contributed by atoms with Gasteiger partial charge < -0.3 is 5.32 Å². The van der Waals surface area contributed by atoms with Crippen molar-refractivity contribution in [3.05, 3.63) is 33.8 Å². The van der Waals surface area contributed by atoms with Crippen molar-refractivity contribution < 1.29 is 0 Å². The molecule has 2 rings (SSSR count). The number of hydrogen-bond donors (Lipinski definition) is 1. The summed E-state index contributed by atoms with van der Waals surface area (Å²) in [4.78, 5) is 0. The lowest BCUT2D eigenvalue weighted by atomic mass is 9.94. The number of rotatable bonds is 4. The molecule has 0 aromatic heterocycles. The van der Waals surface area contributed by atoms with Crippen LogP contribution in [0.3, 0.4) is 0 Å². The van der Waals surface area contributed by atoms with Crippen molar-refractivity contribution in [3.8, 4) is 0 Å². The van der Waals surface area contributed by atoms with E-state index in [0.717, 1.165) is 6.42 Å². The number of benzene rings is 1. The van der Waals surface area contributed by atoms with Crippen molar-refractivity contribution in [3.63, 3.8) is 0 Å². The summed E-state index contributed by atoms with van der Waals surface area (Å²) >= 11 is 12.2. The second-order valence-electron chi connectivity index (χ2n) is 5.84. The zero-order valence-electron chi connectivity index (χ0n) is 12.3. The minimum absolute atomic E-state index is 0.384. The van der Waals surface area contributed by atoms with Gasteiger partial charge in [-0.1, -0.05) is 68.3 Å². The van der Waals surface area contributed by atoms with Crippen molar-refractivity contribution >= 4 is 23.2 Å². The normalized spacial score (nSPS) is 19.4. The van der Waals surface area contributed by atoms with Crippen LogP contribution in [0.25, 0.3) is 0 Å². The minimum atomic E-state index is 0.384. The summed E-state index contributed by atoms with van der Waals surface area (Å²) in [7, 11) is 0. The quantitative estimate of drug-likeness (QED) is 0.703. The zero-order chi connectivity index (χ0) is 14.4. The molecule has 1 N–H and O–H groups in total. The molecular weight excluding hydrogens is 289 g/mol. The Balaban J connectivity index is 2.01. The Labute approximate surface area is 133 Å². The Morgan fingerprint density at radius 2 is 1.70 bits per heavy atom. The van der Waals surface area contributed by atoms with Gasteiger partial charge in [-0.25, -0.2) is 0 Å². The summed E-state index contributed by atoms with van der Waals surface area (Å²) in [5.41, 5.74) is 1.25. The molecule has 0 radical (unpaired) electrons. The van der Waals surface area contributed by atoms with E-state index < -0.39 is 0 Å². The first-order valence-corrected chi connectivity index (χ1v) is 8.67. The van der Waals surface area contributed by atoms with Crippen LogP contribution in [0.1, 0.15) is 69.9 Å². The average molecular weight is 314 g/mol. The van der Waals surface area contributed by atoms with Crippen LogP contribution in [0.2, 0.25) is 10.0 Å². The summed E-state index contributed by atoms with van der Waals surface area (Å²) in [6.45, 7) is 2.23. The largest absolute Gasteiger partial charge is 0.307 e. The van der Waals surface area contributed by atoms with Crippen LogP contribution in [0, 0.1) is 0 Å². The monoisotopic (exact) mass is 313 g/mol. The fraction of sp³-hybridized carbons (Fsp3) is 0.647. The van der Waals surface area contributed by atoms with Crippen LogP contribution in [0.5, 0.6) is 0 Å². The second-order valence-corrected chi connectivity index (χ2v) is 6.66. The van der Waals surface area contributed by atoms with Gasteiger partial charge in [-0.15, -0.1) is 0 Å². The average Bonchev–Trinajstić information content (AvgIpc) is 2.41. The summed E-state index contributed by atoms with van der Waals surface area (Å²) in [5.74, 6) is 0. The molecule has 0 saturated heterocycles. The molecule has 112 valence electrons. The van der Waals surface area contributed by atoms with Crippen LogP contribution < -0.4 is 5.32 Å². The van der Waals surface area contributed by atoms with Gasteiger partial charge in [0.2, 0.25) is 0 Å². The van der Waals surface area contributed by atoms with Crippen LogP contribution >= 0.6 is 23.2 Å². The van der Waals surface area contributed by atoms with Gasteiger partial charge in [-0.2, -0.15) is 0 Å². The second kappa shape index (κ2) is 8.26. The lowest BCUT2D eigenvalue weighted by Gasteiger charge is -2.27. The highest BCUT2D eigenvalue weighted by Gasteiger charge is 2.17. The summed E-state index contributed by atoms with van der Waals surface area (Å²) in [6.07, 6.45) is 10.6. The molecule has 1 saturated carbocycles. The number of halogens is 2. The van der Waals surface area contributed by atoms with Gasteiger partial charge in [0.05, 0.1) is 10.0 Å². The van der Waals surface area contributed by atoms with Gasteiger partial charge in [-0.3, -0.25) is 0 Å². The van der Waals surface area contributed by atoms with Crippen LogP contribution in [-0.2, 0) is 0 Å². The van der Waals surface area contributed by atoms with Gasteiger partial charge >= 0.3 is 0 Å². The van der Waals surface area contributed by atoms with E-state index in [1.54, 1.807) is 0 Å². The topological polar surface area (TPSA) is 12.0 Å². The number of hydrogen-bond acceptors (Lipinski definition) is 1. The fourth-order valence-corrected chi connectivity index (χ4v) is 3.39. The minimum Gasteiger partial charge on any atom is -0.307 e. The van der Waals surface area contributed by atoms with E-state index in [9.17, 15) is 0 Å². The Hall–Kier alpha value is -0.240. The molecule has 1 atom stereocenters. The van der Waals surface area contributed by atoms with Crippen molar-refractivity contribution in [2.75, 3.05) is 0 Å². The molecule has 0 bridgehead atoms. The molecule has 0 aliphatic heterocycles. The Bertz CT molecular complexity index is 411.